The van der Waals surface area contributed by atoms with Gasteiger partial charge in [0, 0.05) is 24.9 Å². The third kappa shape index (κ3) is 6.32. The summed E-state index contributed by atoms with van der Waals surface area (Å²) in [6.07, 6.45) is 4.83. The fraction of sp³-hybridized carbons (Fsp3) is 0.632. The molecule has 0 saturated carbocycles. The average Bonchev–Trinajstić information content (AvgIpc) is 2.93. The second-order valence-electron chi connectivity index (χ2n) is 7.71. The fourth-order valence-corrected chi connectivity index (χ4v) is 3.61. The highest BCUT2D eigenvalue weighted by Crippen LogP contribution is 2.35. The van der Waals surface area contributed by atoms with Crippen LogP contribution in [0.5, 0.6) is 0 Å². The van der Waals surface area contributed by atoms with Gasteiger partial charge < -0.3 is 15.0 Å². The Balaban J connectivity index is 1.97. The minimum Gasteiger partial charge on any atom is -0.379 e. The summed E-state index contributed by atoms with van der Waals surface area (Å²) in [6, 6.07) is -0.244. The van der Waals surface area contributed by atoms with Crippen molar-refractivity contribution in [2.75, 3.05) is 25.1 Å². The second-order valence-corrected chi connectivity index (χ2v) is 8.71. The average molecular weight is 394 g/mol. The molecule has 2 amide bonds. The number of allylic oxidation sites excluding steroid dienone is 1. The van der Waals surface area contributed by atoms with Crippen LogP contribution < -0.4 is 10.6 Å². The zero-order valence-corrected chi connectivity index (χ0v) is 17.9. The van der Waals surface area contributed by atoms with Crippen LogP contribution in [0.15, 0.2) is 11.1 Å². The molecule has 0 bridgehead atoms. The molecule has 27 heavy (non-hydrogen) atoms. The van der Waals surface area contributed by atoms with Gasteiger partial charge in [0.2, 0.25) is 0 Å². The molecule has 150 valence electrons. The van der Waals surface area contributed by atoms with E-state index in [9.17, 15) is 4.79 Å². The van der Waals surface area contributed by atoms with Crippen molar-refractivity contribution in [3.8, 4) is 0 Å². The molecule has 0 saturated heterocycles. The minimum atomic E-state index is -0.244. The SMILES string of the molecule is Cc1nc(NC(=O)NCCCOC(C)C)sc1C1=CC=NCN1C(C)(C)C. The highest BCUT2D eigenvalue weighted by atomic mass is 32.1. The molecule has 0 aliphatic carbocycles. The lowest BCUT2D eigenvalue weighted by Crippen LogP contribution is -2.41. The molecule has 0 aromatic carbocycles. The highest BCUT2D eigenvalue weighted by Gasteiger charge is 2.27. The molecule has 1 aliphatic heterocycles. The van der Waals surface area contributed by atoms with Gasteiger partial charge in [0.25, 0.3) is 0 Å². The normalized spacial score (nSPS) is 14.5. The molecule has 0 spiro atoms. The summed E-state index contributed by atoms with van der Waals surface area (Å²) in [6.45, 7) is 14.3. The molecule has 7 nitrogen and oxygen atoms in total. The van der Waals surface area contributed by atoms with Gasteiger partial charge in [-0.25, -0.2) is 9.78 Å². The number of nitrogens with one attached hydrogen (secondary N) is 2. The molecular formula is C19H31N5O2S. The van der Waals surface area contributed by atoms with E-state index in [0.717, 1.165) is 22.7 Å². The summed E-state index contributed by atoms with van der Waals surface area (Å²) in [5, 5.41) is 6.26. The monoisotopic (exact) mass is 393 g/mol. The van der Waals surface area contributed by atoms with Gasteiger partial charge in [-0.15, -0.1) is 0 Å². The van der Waals surface area contributed by atoms with Crippen LogP contribution in [0.4, 0.5) is 9.93 Å². The number of hydrogen-bond donors (Lipinski definition) is 2. The van der Waals surface area contributed by atoms with E-state index in [-0.39, 0.29) is 17.7 Å². The molecule has 2 rings (SSSR count). The quantitative estimate of drug-likeness (QED) is 0.689. The molecular weight excluding hydrogens is 362 g/mol. The van der Waals surface area contributed by atoms with Gasteiger partial charge in [-0.05, 0) is 54.0 Å². The number of aliphatic imine (C=N–C) groups is 1. The Morgan fingerprint density at radius 2 is 2.15 bits per heavy atom. The molecule has 1 aliphatic rings. The van der Waals surface area contributed by atoms with Crippen LogP contribution in [0, 0.1) is 6.92 Å². The lowest BCUT2D eigenvalue weighted by atomic mass is 10.0. The van der Waals surface area contributed by atoms with Gasteiger partial charge in [0.15, 0.2) is 5.13 Å². The largest absolute Gasteiger partial charge is 0.379 e. The number of anilines is 1. The molecule has 0 atom stereocenters. The number of carbonyl (C=O) groups is 1. The first-order valence-electron chi connectivity index (χ1n) is 9.30. The smallest absolute Gasteiger partial charge is 0.321 e. The minimum absolute atomic E-state index is 0.0525. The summed E-state index contributed by atoms with van der Waals surface area (Å²) >= 11 is 1.48. The maximum atomic E-state index is 12.1. The van der Waals surface area contributed by atoms with E-state index in [1.807, 2.05) is 33.1 Å². The van der Waals surface area contributed by atoms with Crippen molar-refractivity contribution in [3.05, 3.63) is 16.6 Å². The van der Waals surface area contributed by atoms with Crippen LogP contribution in [0.2, 0.25) is 0 Å². The summed E-state index contributed by atoms with van der Waals surface area (Å²) in [4.78, 5) is 24.3. The Hall–Kier alpha value is -1.93. The molecule has 1 aromatic rings. The standard InChI is InChI=1S/C19H31N5O2S/c1-13(2)26-11-7-9-21-17(25)23-18-22-14(3)16(27-18)15-8-10-20-12-24(15)19(4,5)6/h8,10,13H,7,9,11-12H2,1-6H3,(H2,21,22,23,25). The Bertz CT molecular complexity index is 703. The Kier molecular flexibility index (Phi) is 7.38. The van der Waals surface area contributed by atoms with Crippen molar-refractivity contribution in [1.29, 1.82) is 0 Å². The van der Waals surface area contributed by atoms with Gasteiger partial charge in [-0.2, -0.15) is 0 Å². The first kappa shape index (κ1) is 21.4. The number of thiazole rings is 1. The van der Waals surface area contributed by atoms with Crippen LogP contribution >= 0.6 is 11.3 Å². The summed E-state index contributed by atoms with van der Waals surface area (Å²) in [5.74, 6) is 0. The molecule has 2 N–H and O–H groups in total. The lowest BCUT2D eigenvalue weighted by Gasteiger charge is -2.39. The Morgan fingerprint density at radius 1 is 1.41 bits per heavy atom. The van der Waals surface area contributed by atoms with Gasteiger partial charge in [0.05, 0.1) is 22.4 Å². The lowest BCUT2D eigenvalue weighted by molar-refractivity contribution is 0.0775. The number of nitrogens with zero attached hydrogens (tertiary/aromatic N) is 3. The van der Waals surface area contributed by atoms with E-state index in [0.29, 0.717) is 25.0 Å². The second kappa shape index (κ2) is 9.32. The number of ether oxygens (including phenoxy) is 1. The Morgan fingerprint density at radius 3 is 2.81 bits per heavy atom. The van der Waals surface area contributed by atoms with Crippen LogP contribution in [-0.2, 0) is 4.74 Å². The third-order valence-corrected chi connectivity index (χ3v) is 5.06. The maximum Gasteiger partial charge on any atom is 0.321 e. The van der Waals surface area contributed by atoms with E-state index in [2.05, 4.69) is 46.3 Å². The molecule has 0 radical (unpaired) electrons. The number of aromatic nitrogens is 1. The van der Waals surface area contributed by atoms with Gasteiger partial charge in [-0.1, -0.05) is 11.3 Å². The number of hydrogen-bond acceptors (Lipinski definition) is 6. The maximum absolute atomic E-state index is 12.1. The van der Waals surface area contributed by atoms with E-state index in [4.69, 9.17) is 4.74 Å². The first-order chi connectivity index (χ1) is 12.7. The molecule has 0 fully saturated rings. The van der Waals surface area contributed by atoms with Crippen molar-refractivity contribution in [1.82, 2.24) is 15.2 Å². The molecule has 8 heteroatoms. The zero-order chi connectivity index (χ0) is 20.0. The van der Waals surface area contributed by atoms with Crippen molar-refractivity contribution in [2.24, 2.45) is 4.99 Å². The first-order valence-corrected chi connectivity index (χ1v) is 10.1. The van der Waals surface area contributed by atoms with Crippen LogP contribution in [0.1, 0.15) is 51.6 Å². The Labute approximate surface area is 165 Å². The van der Waals surface area contributed by atoms with Crippen molar-refractivity contribution in [3.63, 3.8) is 0 Å². The number of urea groups is 1. The number of carbonyl (C=O) groups excluding carboxylic acids is 1. The van der Waals surface area contributed by atoms with Gasteiger partial charge >= 0.3 is 6.03 Å². The topological polar surface area (TPSA) is 78.8 Å². The number of aryl methyl sites for hydroxylation is 1. The van der Waals surface area contributed by atoms with Gasteiger partial charge in [0.1, 0.15) is 6.67 Å². The van der Waals surface area contributed by atoms with Crippen LogP contribution in [0.3, 0.4) is 0 Å². The predicted octanol–water partition coefficient (Wildman–Crippen LogP) is 3.87. The van der Waals surface area contributed by atoms with E-state index < -0.39 is 0 Å². The summed E-state index contributed by atoms with van der Waals surface area (Å²) in [7, 11) is 0. The summed E-state index contributed by atoms with van der Waals surface area (Å²) < 4.78 is 5.46. The number of amides is 2. The van der Waals surface area contributed by atoms with Crippen molar-refractivity contribution in [2.45, 2.75) is 59.6 Å². The highest BCUT2D eigenvalue weighted by molar-refractivity contribution is 7.17. The summed E-state index contributed by atoms with van der Waals surface area (Å²) in [5.41, 5.74) is 1.94. The van der Waals surface area contributed by atoms with Crippen LogP contribution in [0.25, 0.3) is 5.70 Å². The van der Waals surface area contributed by atoms with E-state index >= 15 is 0 Å². The molecule has 1 aromatic heterocycles. The van der Waals surface area contributed by atoms with Crippen LogP contribution in [-0.4, -0.2) is 53.6 Å². The van der Waals surface area contributed by atoms with Crippen molar-refractivity contribution >= 4 is 34.4 Å². The third-order valence-electron chi connectivity index (χ3n) is 3.97. The van der Waals surface area contributed by atoms with E-state index in [1.165, 1.54) is 11.3 Å². The molecule has 2 heterocycles. The van der Waals surface area contributed by atoms with Crippen molar-refractivity contribution < 1.29 is 9.53 Å². The zero-order valence-electron chi connectivity index (χ0n) is 17.1. The molecule has 0 unspecified atom stereocenters. The van der Waals surface area contributed by atoms with Gasteiger partial charge in [-0.3, -0.25) is 10.3 Å². The predicted molar refractivity (Wildman–Crippen MR) is 113 cm³/mol. The van der Waals surface area contributed by atoms with E-state index in [1.54, 1.807) is 0 Å². The fourth-order valence-electron chi connectivity index (χ4n) is 2.61. The number of rotatable bonds is 7.